The van der Waals surface area contributed by atoms with Crippen molar-refractivity contribution in [2.75, 3.05) is 6.54 Å². The zero-order valence-corrected chi connectivity index (χ0v) is 14.6. The third-order valence-electron chi connectivity index (χ3n) is 3.88. The number of nitrogens with one attached hydrogen (secondary N) is 2. The van der Waals surface area contributed by atoms with Gasteiger partial charge < -0.3 is 10.6 Å². The topological polar surface area (TPSA) is 60.2 Å². The maximum atomic E-state index is 14.0. The fourth-order valence-corrected chi connectivity index (χ4v) is 2.50. The van der Waals surface area contributed by atoms with E-state index in [4.69, 9.17) is 5.26 Å². The quantitative estimate of drug-likeness (QED) is 0.626. The minimum absolute atomic E-state index is 0.304. The summed E-state index contributed by atoms with van der Waals surface area (Å²) in [6, 6.07) is 14.6. The summed E-state index contributed by atoms with van der Waals surface area (Å²) in [5.74, 6) is 0.246. The van der Waals surface area contributed by atoms with Crippen molar-refractivity contribution in [2.24, 2.45) is 4.99 Å². The van der Waals surface area contributed by atoms with Crippen LogP contribution in [0.5, 0.6) is 0 Å². The van der Waals surface area contributed by atoms with E-state index >= 15 is 0 Å². The molecule has 0 fully saturated rings. The minimum atomic E-state index is -0.390. The first-order chi connectivity index (χ1) is 12.2. The number of nitriles is 1. The van der Waals surface area contributed by atoms with E-state index in [0.717, 1.165) is 13.0 Å². The number of hydrogen-bond acceptors (Lipinski definition) is 2. The molecule has 0 aromatic heterocycles. The van der Waals surface area contributed by atoms with Crippen molar-refractivity contribution in [3.63, 3.8) is 0 Å². The van der Waals surface area contributed by atoms with E-state index in [-0.39, 0.29) is 0 Å². The van der Waals surface area contributed by atoms with Crippen molar-refractivity contribution in [1.82, 2.24) is 10.6 Å². The molecule has 0 aliphatic heterocycles. The van der Waals surface area contributed by atoms with Crippen molar-refractivity contribution in [3.05, 3.63) is 70.5 Å². The normalized spacial score (nSPS) is 11.0. The summed E-state index contributed by atoms with van der Waals surface area (Å²) >= 11 is 0. The second kappa shape index (κ2) is 9.43. The summed E-state index contributed by atoms with van der Waals surface area (Å²) < 4.78 is 14.0. The Balaban J connectivity index is 2.06. The molecule has 0 bridgehead atoms. The Labute approximate surface area is 148 Å². The lowest BCUT2D eigenvalue weighted by Gasteiger charge is -2.13. The Morgan fingerprint density at radius 1 is 1.08 bits per heavy atom. The van der Waals surface area contributed by atoms with Gasteiger partial charge in [0, 0.05) is 18.7 Å². The lowest BCUT2D eigenvalue weighted by molar-refractivity contribution is 0.604. The van der Waals surface area contributed by atoms with Gasteiger partial charge in [0.2, 0.25) is 0 Å². The van der Waals surface area contributed by atoms with Crippen molar-refractivity contribution < 1.29 is 4.39 Å². The predicted molar refractivity (Wildman–Crippen MR) is 98.6 cm³/mol. The van der Waals surface area contributed by atoms with Crippen LogP contribution in [0, 0.1) is 17.1 Å². The third-order valence-corrected chi connectivity index (χ3v) is 3.88. The van der Waals surface area contributed by atoms with Gasteiger partial charge in [-0.15, -0.1) is 0 Å². The number of guanidine groups is 1. The molecule has 0 unspecified atom stereocenters. The van der Waals surface area contributed by atoms with Crippen LogP contribution in [-0.2, 0) is 19.5 Å². The van der Waals surface area contributed by atoms with E-state index in [9.17, 15) is 4.39 Å². The van der Waals surface area contributed by atoms with Gasteiger partial charge >= 0.3 is 0 Å². The number of aliphatic imine (C=N–C) groups is 1. The van der Waals surface area contributed by atoms with E-state index < -0.39 is 5.82 Å². The molecule has 0 amide bonds. The number of nitrogens with zero attached hydrogens (tertiary/aromatic N) is 2. The highest BCUT2D eigenvalue weighted by atomic mass is 19.1. The predicted octanol–water partition coefficient (Wildman–Crippen LogP) is 3.52. The van der Waals surface area contributed by atoms with Gasteiger partial charge in [0.05, 0.1) is 18.2 Å². The van der Waals surface area contributed by atoms with Crippen LogP contribution in [-0.4, -0.2) is 12.5 Å². The fourth-order valence-electron chi connectivity index (χ4n) is 2.50. The number of halogens is 1. The van der Waals surface area contributed by atoms with E-state index in [1.165, 1.54) is 17.2 Å². The number of rotatable bonds is 6. The van der Waals surface area contributed by atoms with Crippen molar-refractivity contribution >= 4 is 5.96 Å². The van der Waals surface area contributed by atoms with Crippen LogP contribution in [0.1, 0.15) is 36.1 Å². The molecule has 2 rings (SSSR count). The Kier molecular flexibility index (Phi) is 6.97. The Bertz CT molecular complexity index is 778. The average molecular weight is 338 g/mol. The lowest BCUT2D eigenvalue weighted by atomic mass is 10.1. The van der Waals surface area contributed by atoms with Crippen LogP contribution in [0.2, 0.25) is 0 Å². The van der Waals surface area contributed by atoms with Gasteiger partial charge in [-0.25, -0.2) is 9.38 Å². The van der Waals surface area contributed by atoms with E-state index in [1.807, 2.05) is 25.1 Å². The van der Waals surface area contributed by atoms with Gasteiger partial charge in [-0.3, -0.25) is 0 Å². The second-order valence-electron chi connectivity index (χ2n) is 5.59. The fraction of sp³-hybridized carbons (Fsp3) is 0.300. The van der Waals surface area contributed by atoms with Gasteiger partial charge in [0.25, 0.3) is 0 Å². The minimum Gasteiger partial charge on any atom is -0.357 e. The van der Waals surface area contributed by atoms with E-state index in [1.54, 1.807) is 12.1 Å². The zero-order chi connectivity index (χ0) is 18.1. The highest BCUT2D eigenvalue weighted by Gasteiger charge is 2.05. The van der Waals surface area contributed by atoms with E-state index in [0.29, 0.717) is 30.2 Å². The Morgan fingerprint density at radius 3 is 2.48 bits per heavy atom. The van der Waals surface area contributed by atoms with Crippen molar-refractivity contribution in [2.45, 2.75) is 33.4 Å². The molecule has 4 nitrogen and oxygen atoms in total. The maximum Gasteiger partial charge on any atom is 0.191 e. The standard InChI is InChI=1S/C20H23FN4/c1-3-16-7-5-6-8-17(16)13-24-20(23-4-2)25-14-18-10-9-15(12-22)11-19(18)21/h5-11H,3-4,13-14H2,1-2H3,(H2,23,24,25). The Hall–Kier alpha value is -2.87. The molecular formula is C20H23FN4. The van der Waals surface area contributed by atoms with Crippen LogP contribution in [0.3, 0.4) is 0 Å². The van der Waals surface area contributed by atoms with Crippen LogP contribution in [0.4, 0.5) is 4.39 Å². The summed E-state index contributed by atoms with van der Waals surface area (Å²) in [5.41, 5.74) is 3.28. The molecule has 2 N–H and O–H groups in total. The molecule has 0 saturated heterocycles. The van der Waals surface area contributed by atoms with Crippen LogP contribution in [0.25, 0.3) is 0 Å². The van der Waals surface area contributed by atoms with Crippen molar-refractivity contribution in [1.29, 1.82) is 5.26 Å². The first-order valence-electron chi connectivity index (χ1n) is 8.45. The summed E-state index contributed by atoms with van der Waals surface area (Å²) in [6.45, 7) is 5.70. The highest BCUT2D eigenvalue weighted by molar-refractivity contribution is 5.79. The molecule has 0 atom stereocenters. The monoisotopic (exact) mass is 338 g/mol. The summed E-state index contributed by atoms with van der Waals surface area (Å²) in [6.07, 6.45) is 0.964. The molecular weight excluding hydrogens is 315 g/mol. The molecule has 130 valence electrons. The molecule has 0 aliphatic rings. The molecule has 0 radical (unpaired) electrons. The van der Waals surface area contributed by atoms with Crippen LogP contribution in [0.15, 0.2) is 47.5 Å². The molecule has 0 spiro atoms. The van der Waals surface area contributed by atoms with E-state index in [2.05, 4.69) is 34.7 Å². The van der Waals surface area contributed by atoms with Crippen LogP contribution < -0.4 is 10.6 Å². The molecule has 0 saturated carbocycles. The summed E-state index contributed by atoms with van der Waals surface area (Å²) in [7, 11) is 0. The number of hydrogen-bond donors (Lipinski definition) is 2. The van der Waals surface area contributed by atoms with Gasteiger partial charge in [0.15, 0.2) is 5.96 Å². The first kappa shape index (κ1) is 18.5. The highest BCUT2D eigenvalue weighted by Crippen LogP contribution is 2.11. The molecule has 5 heteroatoms. The van der Waals surface area contributed by atoms with Crippen molar-refractivity contribution in [3.8, 4) is 6.07 Å². The van der Waals surface area contributed by atoms with Gasteiger partial charge in [-0.1, -0.05) is 37.3 Å². The average Bonchev–Trinajstić information content (AvgIpc) is 2.64. The first-order valence-corrected chi connectivity index (χ1v) is 8.45. The van der Waals surface area contributed by atoms with Gasteiger partial charge in [-0.2, -0.15) is 5.26 Å². The molecule has 2 aromatic carbocycles. The van der Waals surface area contributed by atoms with Crippen LogP contribution >= 0.6 is 0 Å². The van der Waals surface area contributed by atoms with Gasteiger partial charge in [-0.05, 0) is 36.6 Å². The number of benzene rings is 2. The molecule has 25 heavy (non-hydrogen) atoms. The number of aryl methyl sites for hydroxylation is 1. The zero-order valence-electron chi connectivity index (χ0n) is 14.6. The molecule has 0 aliphatic carbocycles. The summed E-state index contributed by atoms with van der Waals surface area (Å²) in [4.78, 5) is 4.59. The molecule has 2 aromatic rings. The SMILES string of the molecule is CCNC(=NCc1ccccc1CC)NCc1ccc(C#N)cc1F. The third kappa shape index (κ3) is 5.32. The Morgan fingerprint density at radius 2 is 1.84 bits per heavy atom. The largest absolute Gasteiger partial charge is 0.357 e. The molecule has 0 heterocycles. The smallest absolute Gasteiger partial charge is 0.191 e. The second-order valence-corrected chi connectivity index (χ2v) is 5.59. The van der Waals surface area contributed by atoms with Gasteiger partial charge in [0.1, 0.15) is 5.82 Å². The lowest BCUT2D eigenvalue weighted by Crippen LogP contribution is -2.37. The summed E-state index contributed by atoms with van der Waals surface area (Å²) in [5, 5.41) is 15.1. The maximum absolute atomic E-state index is 14.0.